The van der Waals surface area contributed by atoms with Gasteiger partial charge in [0, 0.05) is 32.2 Å². The molecule has 0 aliphatic carbocycles. The van der Waals surface area contributed by atoms with Crippen LogP contribution in [-0.4, -0.2) is 30.6 Å². The Bertz CT molecular complexity index is 474. The van der Waals surface area contributed by atoms with E-state index < -0.39 is 0 Å². The number of nitrogens with one attached hydrogen (secondary N) is 1. The molecule has 1 atom stereocenters. The number of nitrogens with zero attached hydrogens (tertiary/aromatic N) is 1. The molecule has 0 radical (unpaired) electrons. The lowest BCUT2D eigenvalue weighted by atomic mass is 10.0. The zero-order chi connectivity index (χ0) is 14.3. The molecule has 2 aromatic carbocycles. The van der Waals surface area contributed by atoms with E-state index in [0.717, 1.165) is 26.1 Å². The van der Waals surface area contributed by atoms with Crippen molar-refractivity contribution >= 4 is 0 Å². The minimum Gasteiger partial charge on any atom is -0.312 e. The minimum atomic E-state index is 0.605. The summed E-state index contributed by atoms with van der Waals surface area (Å²) < 4.78 is 0. The number of rotatable bonds is 4. The summed E-state index contributed by atoms with van der Waals surface area (Å²) in [6, 6.07) is 22.2. The molecule has 1 aliphatic rings. The highest BCUT2D eigenvalue weighted by atomic mass is 15.2. The Morgan fingerprint density at radius 1 is 0.857 bits per heavy atom. The molecule has 2 nitrogen and oxygen atoms in total. The van der Waals surface area contributed by atoms with E-state index in [1.807, 2.05) is 0 Å². The fraction of sp³-hybridized carbons (Fsp3) is 0.368. The van der Waals surface area contributed by atoms with Crippen LogP contribution >= 0.6 is 0 Å². The number of hydrogen-bond donors (Lipinski definition) is 1. The van der Waals surface area contributed by atoms with E-state index >= 15 is 0 Å². The van der Waals surface area contributed by atoms with E-state index in [2.05, 4.69) is 70.9 Å². The molecule has 110 valence electrons. The van der Waals surface area contributed by atoms with Gasteiger partial charge >= 0.3 is 0 Å². The molecular formula is C19H24N2. The lowest BCUT2D eigenvalue weighted by Gasteiger charge is -2.19. The van der Waals surface area contributed by atoms with Crippen molar-refractivity contribution in [1.29, 1.82) is 0 Å². The zero-order valence-corrected chi connectivity index (χ0v) is 12.5. The summed E-state index contributed by atoms with van der Waals surface area (Å²) in [5.41, 5.74) is 2.85. The molecule has 0 amide bonds. The Hall–Kier alpha value is -1.64. The van der Waals surface area contributed by atoms with Crippen LogP contribution in [0.15, 0.2) is 60.7 Å². The van der Waals surface area contributed by atoms with Crippen molar-refractivity contribution in [2.45, 2.75) is 25.4 Å². The fourth-order valence-electron chi connectivity index (χ4n) is 3.05. The summed E-state index contributed by atoms with van der Waals surface area (Å²) >= 11 is 0. The van der Waals surface area contributed by atoms with Gasteiger partial charge in [0.2, 0.25) is 0 Å². The van der Waals surface area contributed by atoms with E-state index in [9.17, 15) is 0 Å². The predicted molar refractivity (Wildman–Crippen MR) is 88.3 cm³/mol. The van der Waals surface area contributed by atoms with Crippen LogP contribution in [0.5, 0.6) is 0 Å². The van der Waals surface area contributed by atoms with Gasteiger partial charge < -0.3 is 5.32 Å². The maximum absolute atomic E-state index is 3.70. The first kappa shape index (κ1) is 14.3. The van der Waals surface area contributed by atoms with Gasteiger partial charge in [-0.3, -0.25) is 4.90 Å². The summed E-state index contributed by atoms with van der Waals surface area (Å²) in [7, 11) is 0. The first-order chi connectivity index (χ1) is 10.4. The SMILES string of the molecule is c1ccc(C[C@H]2CCN(Cc3ccccc3)CCN2)cc1. The number of hydrogen-bond acceptors (Lipinski definition) is 2. The third kappa shape index (κ3) is 4.42. The van der Waals surface area contributed by atoms with E-state index in [4.69, 9.17) is 0 Å². The molecule has 0 aromatic heterocycles. The smallest absolute Gasteiger partial charge is 0.0234 e. The molecule has 0 spiro atoms. The first-order valence-electron chi connectivity index (χ1n) is 7.94. The summed E-state index contributed by atoms with van der Waals surface area (Å²) in [6.07, 6.45) is 2.36. The lowest BCUT2D eigenvalue weighted by molar-refractivity contribution is 0.282. The van der Waals surface area contributed by atoms with Crippen LogP contribution in [0.25, 0.3) is 0 Å². The van der Waals surface area contributed by atoms with Crippen molar-refractivity contribution in [2.75, 3.05) is 19.6 Å². The van der Waals surface area contributed by atoms with Gasteiger partial charge in [0.1, 0.15) is 0 Å². The molecule has 1 fully saturated rings. The van der Waals surface area contributed by atoms with Crippen LogP contribution in [0.1, 0.15) is 17.5 Å². The van der Waals surface area contributed by atoms with Gasteiger partial charge in [-0.05, 0) is 24.0 Å². The monoisotopic (exact) mass is 280 g/mol. The van der Waals surface area contributed by atoms with Gasteiger partial charge in [0.25, 0.3) is 0 Å². The lowest BCUT2D eigenvalue weighted by Crippen LogP contribution is -2.31. The van der Waals surface area contributed by atoms with Crippen LogP contribution in [0, 0.1) is 0 Å². The third-order valence-corrected chi connectivity index (χ3v) is 4.23. The average Bonchev–Trinajstić information content (AvgIpc) is 2.75. The molecule has 0 saturated carbocycles. The van der Waals surface area contributed by atoms with Gasteiger partial charge in [0.15, 0.2) is 0 Å². The van der Waals surface area contributed by atoms with Crippen LogP contribution < -0.4 is 5.32 Å². The molecule has 21 heavy (non-hydrogen) atoms. The molecule has 1 N–H and O–H groups in total. The largest absolute Gasteiger partial charge is 0.312 e. The topological polar surface area (TPSA) is 15.3 Å². The summed E-state index contributed by atoms with van der Waals surface area (Å²) in [5, 5.41) is 3.70. The van der Waals surface area contributed by atoms with E-state index in [0.29, 0.717) is 6.04 Å². The Morgan fingerprint density at radius 3 is 2.24 bits per heavy atom. The summed E-state index contributed by atoms with van der Waals surface area (Å²) in [4.78, 5) is 2.56. The average molecular weight is 280 g/mol. The minimum absolute atomic E-state index is 0.605. The maximum atomic E-state index is 3.70. The Labute approximate surface area is 127 Å². The summed E-state index contributed by atoms with van der Waals surface area (Å²) in [6.45, 7) is 4.48. The quantitative estimate of drug-likeness (QED) is 0.926. The Kier molecular flexibility index (Phi) is 5.03. The normalized spacial score (nSPS) is 20.1. The van der Waals surface area contributed by atoms with Crippen molar-refractivity contribution in [2.24, 2.45) is 0 Å². The van der Waals surface area contributed by atoms with Crippen molar-refractivity contribution in [3.8, 4) is 0 Å². The van der Waals surface area contributed by atoms with Crippen LogP contribution in [-0.2, 0) is 13.0 Å². The Balaban J connectivity index is 1.52. The molecule has 1 heterocycles. The fourth-order valence-corrected chi connectivity index (χ4v) is 3.05. The van der Waals surface area contributed by atoms with Gasteiger partial charge in [-0.1, -0.05) is 60.7 Å². The van der Waals surface area contributed by atoms with Gasteiger partial charge in [-0.2, -0.15) is 0 Å². The van der Waals surface area contributed by atoms with Crippen molar-refractivity contribution in [3.05, 3.63) is 71.8 Å². The molecule has 3 rings (SSSR count). The van der Waals surface area contributed by atoms with E-state index in [1.54, 1.807) is 0 Å². The summed E-state index contributed by atoms with van der Waals surface area (Å²) in [5.74, 6) is 0. The molecule has 0 unspecified atom stereocenters. The first-order valence-corrected chi connectivity index (χ1v) is 7.94. The van der Waals surface area contributed by atoms with Crippen molar-refractivity contribution in [3.63, 3.8) is 0 Å². The van der Waals surface area contributed by atoms with Gasteiger partial charge in [-0.15, -0.1) is 0 Å². The van der Waals surface area contributed by atoms with E-state index in [-0.39, 0.29) is 0 Å². The maximum Gasteiger partial charge on any atom is 0.0234 e. The molecule has 1 saturated heterocycles. The highest BCUT2D eigenvalue weighted by molar-refractivity contribution is 5.16. The zero-order valence-electron chi connectivity index (χ0n) is 12.5. The van der Waals surface area contributed by atoms with Gasteiger partial charge in [-0.25, -0.2) is 0 Å². The van der Waals surface area contributed by atoms with Gasteiger partial charge in [0.05, 0.1) is 0 Å². The molecular weight excluding hydrogens is 256 g/mol. The standard InChI is InChI=1S/C19H24N2/c1-3-7-17(8-4-1)15-19-11-13-21(14-12-20-19)16-18-9-5-2-6-10-18/h1-10,19-20H,11-16H2/t19-/m1/s1. The second-order valence-electron chi connectivity index (χ2n) is 5.89. The second kappa shape index (κ2) is 7.39. The van der Waals surface area contributed by atoms with Crippen LogP contribution in [0.4, 0.5) is 0 Å². The molecule has 2 heteroatoms. The third-order valence-electron chi connectivity index (χ3n) is 4.23. The van der Waals surface area contributed by atoms with Crippen LogP contribution in [0.3, 0.4) is 0 Å². The Morgan fingerprint density at radius 2 is 1.52 bits per heavy atom. The molecule has 1 aliphatic heterocycles. The predicted octanol–water partition coefficient (Wildman–Crippen LogP) is 3.09. The van der Waals surface area contributed by atoms with Crippen LogP contribution in [0.2, 0.25) is 0 Å². The van der Waals surface area contributed by atoms with E-state index in [1.165, 1.54) is 24.1 Å². The van der Waals surface area contributed by atoms with Crippen molar-refractivity contribution in [1.82, 2.24) is 10.2 Å². The number of benzene rings is 2. The molecule has 0 bridgehead atoms. The van der Waals surface area contributed by atoms with Crippen molar-refractivity contribution < 1.29 is 0 Å². The molecule has 2 aromatic rings. The highest BCUT2D eigenvalue weighted by Gasteiger charge is 2.16. The second-order valence-corrected chi connectivity index (χ2v) is 5.89. The highest BCUT2D eigenvalue weighted by Crippen LogP contribution is 2.11.